The van der Waals surface area contributed by atoms with Crippen LogP contribution in [0.3, 0.4) is 0 Å². The third-order valence-electron chi connectivity index (χ3n) is 3.16. The van der Waals surface area contributed by atoms with Crippen molar-refractivity contribution in [2.75, 3.05) is 26.7 Å². The van der Waals surface area contributed by atoms with Gasteiger partial charge in [-0.15, -0.1) is 0 Å². The predicted octanol–water partition coefficient (Wildman–Crippen LogP) is 0.609. The lowest BCUT2D eigenvalue weighted by molar-refractivity contribution is -0.125. The van der Waals surface area contributed by atoms with Crippen LogP contribution in [0.2, 0.25) is 0 Å². The zero-order chi connectivity index (χ0) is 13.8. The SMILES string of the molecule is CNC(=O)C1CNCCN1C(=O)c1ccccc1Br. The molecule has 1 aliphatic rings. The van der Waals surface area contributed by atoms with Crippen molar-refractivity contribution in [1.82, 2.24) is 15.5 Å². The van der Waals surface area contributed by atoms with E-state index in [0.29, 0.717) is 25.2 Å². The minimum absolute atomic E-state index is 0.123. The van der Waals surface area contributed by atoms with Crippen LogP contribution in [0.5, 0.6) is 0 Å². The van der Waals surface area contributed by atoms with Crippen molar-refractivity contribution in [2.45, 2.75) is 6.04 Å². The summed E-state index contributed by atoms with van der Waals surface area (Å²) in [4.78, 5) is 26.0. The minimum Gasteiger partial charge on any atom is -0.357 e. The van der Waals surface area contributed by atoms with Gasteiger partial charge in [-0.25, -0.2) is 0 Å². The third kappa shape index (κ3) is 2.96. The number of benzene rings is 1. The molecule has 0 spiro atoms. The highest BCUT2D eigenvalue weighted by molar-refractivity contribution is 9.10. The zero-order valence-corrected chi connectivity index (χ0v) is 12.2. The van der Waals surface area contributed by atoms with Gasteiger partial charge in [-0.3, -0.25) is 9.59 Å². The normalized spacial score (nSPS) is 19.1. The second kappa shape index (κ2) is 6.16. The van der Waals surface area contributed by atoms with Crippen molar-refractivity contribution in [1.29, 1.82) is 0 Å². The topological polar surface area (TPSA) is 61.4 Å². The first kappa shape index (κ1) is 14.0. The summed E-state index contributed by atoms with van der Waals surface area (Å²) >= 11 is 3.37. The summed E-state index contributed by atoms with van der Waals surface area (Å²) in [6.45, 7) is 1.71. The maximum absolute atomic E-state index is 12.5. The van der Waals surface area contributed by atoms with Crippen molar-refractivity contribution in [3.8, 4) is 0 Å². The molecule has 0 bridgehead atoms. The number of carbonyl (C=O) groups is 2. The summed E-state index contributed by atoms with van der Waals surface area (Å²) in [5.41, 5.74) is 0.582. The van der Waals surface area contributed by atoms with Crippen LogP contribution >= 0.6 is 15.9 Å². The highest BCUT2D eigenvalue weighted by Crippen LogP contribution is 2.19. The van der Waals surface area contributed by atoms with Gasteiger partial charge in [0.1, 0.15) is 6.04 Å². The van der Waals surface area contributed by atoms with Crippen LogP contribution < -0.4 is 10.6 Å². The van der Waals surface area contributed by atoms with Gasteiger partial charge in [0.05, 0.1) is 5.56 Å². The molecular formula is C13H16BrN3O2. The van der Waals surface area contributed by atoms with Gasteiger partial charge in [-0.2, -0.15) is 0 Å². The van der Waals surface area contributed by atoms with Crippen LogP contribution in [-0.2, 0) is 4.79 Å². The first-order chi connectivity index (χ1) is 9.15. The molecule has 1 unspecified atom stereocenters. The van der Waals surface area contributed by atoms with Gasteiger partial charge in [-0.05, 0) is 28.1 Å². The lowest BCUT2D eigenvalue weighted by Crippen LogP contribution is -2.59. The van der Waals surface area contributed by atoms with Gasteiger partial charge >= 0.3 is 0 Å². The summed E-state index contributed by atoms with van der Waals surface area (Å²) in [7, 11) is 1.58. The van der Waals surface area contributed by atoms with Crippen molar-refractivity contribution >= 4 is 27.7 Å². The molecule has 2 amide bonds. The number of likely N-dealkylation sites (N-methyl/N-ethyl adjacent to an activating group) is 1. The van der Waals surface area contributed by atoms with E-state index in [4.69, 9.17) is 0 Å². The molecule has 19 heavy (non-hydrogen) atoms. The lowest BCUT2D eigenvalue weighted by Gasteiger charge is -2.35. The van der Waals surface area contributed by atoms with E-state index in [1.165, 1.54) is 0 Å². The van der Waals surface area contributed by atoms with Crippen LogP contribution in [0.25, 0.3) is 0 Å². The molecule has 1 heterocycles. The molecule has 5 nitrogen and oxygen atoms in total. The number of hydrogen-bond donors (Lipinski definition) is 2. The van der Waals surface area contributed by atoms with Gasteiger partial charge in [0.15, 0.2) is 0 Å². The number of piperazine rings is 1. The maximum atomic E-state index is 12.5. The number of carbonyl (C=O) groups excluding carboxylic acids is 2. The molecule has 0 radical (unpaired) electrons. The number of nitrogens with zero attached hydrogens (tertiary/aromatic N) is 1. The molecule has 2 N–H and O–H groups in total. The standard InChI is InChI=1S/C13H16BrN3O2/c1-15-12(18)11-8-16-6-7-17(11)13(19)9-4-2-3-5-10(9)14/h2-5,11,16H,6-8H2,1H3,(H,15,18). The molecule has 0 aromatic heterocycles. The van der Waals surface area contributed by atoms with E-state index in [0.717, 1.165) is 4.47 Å². The van der Waals surface area contributed by atoms with Crippen molar-refractivity contribution in [2.24, 2.45) is 0 Å². The fraction of sp³-hybridized carbons (Fsp3) is 0.385. The van der Waals surface area contributed by atoms with E-state index in [2.05, 4.69) is 26.6 Å². The summed E-state index contributed by atoms with van der Waals surface area (Å²) < 4.78 is 0.745. The van der Waals surface area contributed by atoms with Gasteiger partial charge in [0.25, 0.3) is 5.91 Å². The first-order valence-corrected chi connectivity index (χ1v) is 6.92. The Hall–Kier alpha value is -1.40. The van der Waals surface area contributed by atoms with E-state index in [-0.39, 0.29) is 11.8 Å². The predicted molar refractivity (Wildman–Crippen MR) is 75.9 cm³/mol. The van der Waals surface area contributed by atoms with Gasteiger partial charge in [-0.1, -0.05) is 12.1 Å². The third-order valence-corrected chi connectivity index (χ3v) is 3.85. The molecule has 1 aliphatic heterocycles. The number of halogens is 1. The first-order valence-electron chi connectivity index (χ1n) is 6.13. The Bertz CT molecular complexity index is 493. The quantitative estimate of drug-likeness (QED) is 0.837. The summed E-state index contributed by atoms with van der Waals surface area (Å²) in [6.07, 6.45) is 0. The summed E-state index contributed by atoms with van der Waals surface area (Å²) in [6, 6.07) is 6.79. The molecule has 1 saturated heterocycles. The van der Waals surface area contributed by atoms with Crippen molar-refractivity contribution in [3.05, 3.63) is 34.3 Å². The maximum Gasteiger partial charge on any atom is 0.255 e. The largest absolute Gasteiger partial charge is 0.357 e. The molecule has 102 valence electrons. The van der Waals surface area contributed by atoms with Crippen molar-refractivity contribution in [3.63, 3.8) is 0 Å². The monoisotopic (exact) mass is 325 g/mol. The van der Waals surface area contributed by atoms with E-state index in [1.54, 1.807) is 18.0 Å². The van der Waals surface area contributed by atoms with E-state index in [1.807, 2.05) is 18.2 Å². The highest BCUT2D eigenvalue weighted by atomic mass is 79.9. The van der Waals surface area contributed by atoms with Crippen LogP contribution in [-0.4, -0.2) is 49.4 Å². The number of nitrogens with one attached hydrogen (secondary N) is 2. The Morgan fingerprint density at radius 1 is 1.42 bits per heavy atom. The average Bonchev–Trinajstić information content (AvgIpc) is 2.46. The molecule has 1 atom stereocenters. The van der Waals surface area contributed by atoms with Gasteiger partial charge < -0.3 is 15.5 Å². The number of amides is 2. The minimum atomic E-state index is -0.460. The lowest BCUT2D eigenvalue weighted by atomic mass is 10.1. The second-order valence-electron chi connectivity index (χ2n) is 4.31. The summed E-state index contributed by atoms with van der Waals surface area (Å²) in [5, 5.41) is 5.74. The Morgan fingerprint density at radius 3 is 2.84 bits per heavy atom. The Kier molecular flexibility index (Phi) is 4.55. The van der Waals surface area contributed by atoms with Crippen LogP contribution in [0.1, 0.15) is 10.4 Å². The molecular weight excluding hydrogens is 310 g/mol. The van der Waals surface area contributed by atoms with Crippen LogP contribution in [0.4, 0.5) is 0 Å². The molecule has 6 heteroatoms. The fourth-order valence-electron chi connectivity index (χ4n) is 2.14. The highest BCUT2D eigenvalue weighted by Gasteiger charge is 2.32. The van der Waals surface area contributed by atoms with E-state index < -0.39 is 6.04 Å². The zero-order valence-electron chi connectivity index (χ0n) is 10.6. The smallest absolute Gasteiger partial charge is 0.255 e. The Balaban J connectivity index is 2.25. The van der Waals surface area contributed by atoms with Gasteiger partial charge in [0.2, 0.25) is 5.91 Å². The number of hydrogen-bond acceptors (Lipinski definition) is 3. The molecule has 0 saturated carbocycles. The second-order valence-corrected chi connectivity index (χ2v) is 5.17. The molecule has 1 aromatic rings. The summed E-state index contributed by atoms with van der Waals surface area (Å²) in [5.74, 6) is -0.268. The molecule has 0 aliphatic carbocycles. The number of rotatable bonds is 2. The van der Waals surface area contributed by atoms with E-state index in [9.17, 15) is 9.59 Å². The van der Waals surface area contributed by atoms with Crippen LogP contribution in [0, 0.1) is 0 Å². The van der Waals surface area contributed by atoms with Gasteiger partial charge in [0, 0.05) is 31.2 Å². The Morgan fingerprint density at radius 2 is 2.16 bits per heavy atom. The molecule has 1 aromatic carbocycles. The fourth-order valence-corrected chi connectivity index (χ4v) is 2.59. The average molecular weight is 326 g/mol. The van der Waals surface area contributed by atoms with Crippen LogP contribution in [0.15, 0.2) is 28.7 Å². The molecule has 2 rings (SSSR count). The molecule has 1 fully saturated rings. The van der Waals surface area contributed by atoms with E-state index >= 15 is 0 Å². The Labute approximate surface area is 120 Å². The van der Waals surface area contributed by atoms with Crippen molar-refractivity contribution < 1.29 is 9.59 Å².